The molecule has 0 N–H and O–H groups in total. The van der Waals surface area contributed by atoms with Crippen LogP contribution in [0.2, 0.25) is 10.0 Å². The van der Waals surface area contributed by atoms with Crippen LogP contribution in [0, 0.1) is 0 Å². The lowest BCUT2D eigenvalue weighted by atomic mass is 10.1. The van der Waals surface area contributed by atoms with Gasteiger partial charge in [0.05, 0.1) is 15.7 Å². The van der Waals surface area contributed by atoms with Crippen molar-refractivity contribution in [1.82, 2.24) is 0 Å². The molecule has 0 bridgehead atoms. The molecule has 1 aromatic rings. The molecule has 17 heavy (non-hydrogen) atoms. The third-order valence-corrected chi connectivity index (χ3v) is 5.78. The molecular formula is C10H9Cl2NO3S. The van der Waals surface area contributed by atoms with E-state index in [4.69, 9.17) is 23.2 Å². The van der Waals surface area contributed by atoms with Gasteiger partial charge in [0.2, 0.25) is 0 Å². The number of carbonyl (C=O) groups excluding carboxylic acids is 1. The second kappa shape index (κ2) is 3.60. The molecule has 1 aliphatic heterocycles. The number of benzene rings is 1. The molecule has 0 saturated carbocycles. The quantitative estimate of drug-likeness (QED) is 0.799. The van der Waals surface area contributed by atoms with E-state index in [1.807, 2.05) is 0 Å². The van der Waals surface area contributed by atoms with Crippen molar-refractivity contribution in [2.75, 3.05) is 4.31 Å². The highest BCUT2D eigenvalue weighted by Crippen LogP contribution is 2.40. The fourth-order valence-electron chi connectivity index (χ4n) is 1.52. The third kappa shape index (κ3) is 1.57. The Morgan fingerprint density at radius 3 is 2.24 bits per heavy atom. The first-order valence-electron chi connectivity index (χ1n) is 4.74. The third-order valence-electron chi connectivity index (χ3n) is 2.72. The molecule has 4 nitrogen and oxygen atoms in total. The number of hydrogen-bond donors (Lipinski definition) is 0. The van der Waals surface area contributed by atoms with Gasteiger partial charge < -0.3 is 0 Å². The highest BCUT2D eigenvalue weighted by molar-refractivity contribution is 7.98. The summed E-state index contributed by atoms with van der Waals surface area (Å²) < 4.78 is 23.2. The number of rotatable bonds is 1. The summed E-state index contributed by atoms with van der Waals surface area (Å²) in [5.41, 5.74) is 0.212. The Hall–Kier alpha value is -0.780. The van der Waals surface area contributed by atoms with Crippen molar-refractivity contribution in [3.63, 3.8) is 0 Å². The van der Waals surface area contributed by atoms with E-state index in [2.05, 4.69) is 0 Å². The van der Waals surface area contributed by atoms with Crippen LogP contribution >= 0.6 is 23.2 Å². The molecule has 7 heteroatoms. The molecule has 1 saturated heterocycles. The standard InChI is InChI=1S/C10H9Cl2NO3S/c1-10(2)9(14)13(17(10,15)16)6-3-4-7(11)8(12)5-6/h3-5H,1-2H3. The minimum atomic E-state index is -3.65. The first-order chi connectivity index (χ1) is 7.69. The number of anilines is 1. The van der Waals surface area contributed by atoms with Crippen LogP contribution in [0.1, 0.15) is 13.8 Å². The van der Waals surface area contributed by atoms with Crippen molar-refractivity contribution in [1.29, 1.82) is 0 Å². The van der Waals surface area contributed by atoms with E-state index in [9.17, 15) is 13.2 Å². The lowest BCUT2D eigenvalue weighted by Crippen LogP contribution is -2.67. The van der Waals surface area contributed by atoms with Crippen LogP contribution in [0.3, 0.4) is 0 Å². The van der Waals surface area contributed by atoms with Crippen LogP contribution in [0.25, 0.3) is 0 Å². The Balaban J connectivity index is 2.51. The Bertz CT molecular complexity index is 610. The Kier molecular flexibility index (Phi) is 2.69. The van der Waals surface area contributed by atoms with Crippen LogP contribution in [0.5, 0.6) is 0 Å². The predicted molar refractivity (Wildman–Crippen MR) is 66.9 cm³/mol. The average molecular weight is 294 g/mol. The molecular weight excluding hydrogens is 285 g/mol. The van der Waals surface area contributed by atoms with Crippen LogP contribution in [0.4, 0.5) is 5.69 Å². The number of nitrogens with zero attached hydrogens (tertiary/aromatic N) is 1. The molecule has 0 aliphatic carbocycles. The van der Waals surface area contributed by atoms with Gasteiger partial charge in [-0.15, -0.1) is 0 Å². The second-order valence-electron chi connectivity index (χ2n) is 4.18. The summed E-state index contributed by atoms with van der Waals surface area (Å²) in [5, 5.41) is 0.511. The van der Waals surface area contributed by atoms with E-state index in [1.54, 1.807) is 0 Å². The van der Waals surface area contributed by atoms with Gasteiger partial charge in [-0.25, -0.2) is 12.7 Å². The van der Waals surface area contributed by atoms with Gasteiger partial charge >= 0.3 is 0 Å². The summed E-state index contributed by atoms with van der Waals surface area (Å²) in [7, 11) is -3.65. The predicted octanol–water partition coefficient (Wildman–Crippen LogP) is 2.45. The van der Waals surface area contributed by atoms with Gasteiger partial charge in [0.25, 0.3) is 15.9 Å². The number of carbonyl (C=O) groups is 1. The van der Waals surface area contributed by atoms with E-state index >= 15 is 0 Å². The van der Waals surface area contributed by atoms with Crippen LogP contribution in [-0.2, 0) is 14.8 Å². The van der Waals surface area contributed by atoms with Gasteiger partial charge in [-0.05, 0) is 32.0 Å². The summed E-state index contributed by atoms with van der Waals surface area (Å²) in [6, 6.07) is 4.25. The second-order valence-corrected chi connectivity index (χ2v) is 7.33. The lowest BCUT2D eigenvalue weighted by Gasteiger charge is -2.42. The molecule has 92 valence electrons. The zero-order valence-electron chi connectivity index (χ0n) is 9.07. The molecule has 0 spiro atoms. The van der Waals surface area contributed by atoms with E-state index in [0.717, 1.165) is 4.31 Å². The maximum absolute atomic E-state index is 11.9. The van der Waals surface area contributed by atoms with E-state index in [-0.39, 0.29) is 10.7 Å². The first-order valence-corrected chi connectivity index (χ1v) is 6.93. The summed E-state index contributed by atoms with van der Waals surface area (Å²) in [6.45, 7) is 2.75. The fourth-order valence-corrected chi connectivity index (χ4v) is 3.29. The summed E-state index contributed by atoms with van der Waals surface area (Å²) in [5.74, 6) is -0.476. The molecule has 2 rings (SSSR count). The highest BCUT2D eigenvalue weighted by Gasteiger charge is 2.60. The van der Waals surface area contributed by atoms with Crippen molar-refractivity contribution in [2.24, 2.45) is 0 Å². The zero-order valence-corrected chi connectivity index (χ0v) is 11.4. The minimum absolute atomic E-state index is 0.205. The number of hydrogen-bond acceptors (Lipinski definition) is 3. The van der Waals surface area contributed by atoms with Gasteiger partial charge in [-0.2, -0.15) is 0 Å². The summed E-state index contributed by atoms with van der Waals surface area (Å²) >= 11 is 11.5. The number of sulfonamides is 1. The minimum Gasteiger partial charge on any atom is -0.272 e. The SMILES string of the molecule is CC1(C)C(=O)N(c2ccc(Cl)c(Cl)c2)S1(=O)=O. The van der Waals surface area contributed by atoms with Crippen LogP contribution in [0.15, 0.2) is 18.2 Å². The molecule has 1 fully saturated rings. The molecule has 0 atom stereocenters. The van der Waals surface area contributed by atoms with Crippen LogP contribution < -0.4 is 4.31 Å². The van der Waals surface area contributed by atoms with Gasteiger partial charge in [-0.3, -0.25) is 4.79 Å². The lowest BCUT2D eigenvalue weighted by molar-refractivity contribution is -0.120. The Morgan fingerprint density at radius 2 is 1.76 bits per heavy atom. The topological polar surface area (TPSA) is 54.5 Å². The first kappa shape index (κ1) is 12.7. The monoisotopic (exact) mass is 293 g/mol. The van der Waals surface area contributed by atoms with Gasteiger partial charge in [-0.1, -0.05) is 23.2 Å². The molecule has 0 aromatic heterocycles. The molecule has 1 aromatic carbocycles. The van der Waals surface area contributed by atoms with Gasteiger partial charge in [0.15, 0.2) is 4.75 Å². The number of halogens is 2. The van der Waals surface area contributed by atoms with E-state index < -0.39 is 20.7 Å². The fraction of sp³-hybridized carbons (Fsp3) is 0.300. The molecule has 1 aliphatic rings. The molecule has 1 heterocycles. The van der Waals surface area contributed by atoms with Crippen molar-refractivity contribution >= 4 is 44.8 Å². The maximum atomic E-state index is 11.9. The van der Waals surface area contributed by atoms with Crippen molar-refractivity contribution in [3.8, 4) is 0 Å². The largest absolute Gasteiger partial charge is 0.272 e. The smallest absolute Gasteiger partial charge is 0.263 e. The normalized spacial score (nSPS) is 21.2. The summed E-state index contributed by atoms with van der Waals surface area (Å²) in [6.07, 6.45) is 0. The van der Waals surface area contributed by atoms with Gasteiger partial charge in [0, 0.05) is 0 Å². The maximum Gasteiger partial charge on any atom is 0.263 e. The van der Waals surface area contributed by atoms with E-state index in [1.165, 1.54) is 32.0 Å². The Morgan fingerprint density at radius 1 is 1.18 bits per heavy atom. The average Bonchev–Trinajstić information content (AvgIpc) is 2.23. The molecule has 0 radical (unpaired) electrons. The molecule has 1 amide bonds. The number of amides is 1. The van der Waals surface area contributed by atoms with Crippen LogP contribution in [-0.4, -0.2) is 19.1 Å². The highest BCUT2D eigenvalue weighted by atomic mass is 35.5. The molecule has 0 unspecified atom stereocenters. The van der Waals surface area contributed by atoms with Gasteiger partial charge in [0.1, 0.15) is 0 Å². The Labute approximate surface area is 109 Å². The van der Waals surface area contributed by atoms with Crippen molar-refractivity contribution < 1.29 is 13.2 Å². The zero-order chi connectivity index (χ0) is 13.0. The van der Waals surface area contributed by atoms with Crippen molar-refractivity contribution in [2.45, 2.75) is 18.6 Å². The van der Waals surface area contributed by atoms with Crippen molar-refractivity contribution in [3.05, 3.63) is 28.2 Å². The van der Waals surface area contributed by atoms with E-state index in [0.29, 0.717) is 5.02 Å². The summed E-state index contributed by atoms with van der Waals surface area (Å²) in [4.78, 5) is 11.8.